The summed E-state index contributed by atoms with van der Waals surface area (Å²) in [7, 11) is 0. The zero-order chi connectivity index (χ0) is 6.32. The largest absolute Gasteiger partial charge is 0.319 e. The maximum absolute atomic E-state index is 5.82. The fraction of sp³-hybridized carbons (Fsp3) is 0.600. The Labute approximate surface area is 57.1 Å². The number of nitrogens with two attached hydrogens (primary N) is 1. The average molecular weight is 141 g/mol. The van der Waals surface area contributed by atoms with Crippen LogP contribution in [0.1, 0.15) is 17.8 Å². The van der Waals surface area contributed by atoms with Crippen LogP contribution in [0.2, 0.25) is 0 Å². The summed E-state index contributed by atoms with van der Waals surface area (Å²) in [6, 6.07) is 0. The second kappa shape index (κ2) is 1.52. The van der Waals surface area contributed by atoms with Crippen molar-refractivity contribution in [3.05, 3.63) is 11.3 Å². The molecular formula is C5H7N3S. The van der Waals surface area contributed by atoms with E-state index in [4.69, 9.17) is 5.73 Å². The highest BCUT2D eigenvalue weighted by Crippen LogP contribution is 2.42. The van der Waals surface area contributed by atoms with Crippen LogP contribution in [0, 0.1) is 0 Å². The second-order valence-corrected chi connectivity index (χ2v) is 3.18. The van der Waals surface area contributed by atoms with Gasteiger partial charge in [-0.25, -0.2) is 4.98 Å². The lowest BCUT2D eigenvalue weighted by molar-refractivity contribution is 0.731. The van der Waals surface area contributed by atoms with Gasteiger partial charge >= 0.3 is 0 Å². The van der Waals surface area contributed by atoms with Gasteiger partial charge in [-0.05, 0) is 24.4 Å². The summed E-state index contributed by atoms with van der Waals surface area (Å²) in [4.78, 5) is 4.03. The number of hydrogen-bond acceptors (Lipinski definition) is 4. The Bertz CT molecular complexity index is 202. The Kier molecular flexibility index (Phi) is 0.896. The molecule has 0 saturated heterocycles. The van der Waals surface area contributed by atoms with E-state index in [1.54, 1.807) is 6.33 Å². The van der Waals surface area contributed by atoms with Crippen molar-refractivity contribution < 1.29 is 0 Å². The van der Waals surface area contributed by atoms with Crippen LogP contribution in [0.4, 0.5) is 0 Å². The summed E-state index contributed by atoms with van der Waals surface area (Å²) in [5.41, 5.74) is 5.74. The number of hydrogen-bond donors (Lipinski definition) is 1. The molecule has 9 heavy (non-hydrogen) atoms. The third-order valence-electron chi connectivity index (χ3n) is 1.58. The molecular weight excluding hydrogens is 134 g/mol. The van der Waals surface area contributed by atoms with E-state index in [-0.39, 0.29) is 5.54 Å². The van der Waals surface area contributed by atoms with E-state index in [0.29, 0.717) is 0 Å². The zero-order valence-electron chi connectivity index (χ0n) is 4.87. The first-order chi connectivity index (χ1) is 4.31. The van der Waals surface area contributed by atoms with Crippen molar-refractivity contribution in [2.45, 2.75) is 18.4 Å². The minimum Gasteiger partial charge on any atom is -0.319 e. The highest BCUT2D eigenvalue weighted by Gasteiger charge is 2.42. The molecule has 2 rings (SSSR count). The molecule has 48 valence electrons. The fourth-order valence-electron chi connectivity index (χ4n) is 0.741. The lowest BCUT2D eigenvalue weighted by Crippen LogP contribution is -2.17. The monoisotopic (exact) mass is 141 g/mol. The van der Waals surface area contributed by atoms with Crippen molar-refractivity contribution in [2.75, 3.05) is 0 Å². The van der Waals surface area contributed by atoms with Gasteiger partial charge in [-0.15, -0.1) is 0 Å². The molecule has 0 atom stereocenters. The first-order valence-electron chi connectivity index (χ1n) is 2.87. The van der Waals surface area contributed by atoms with Gasteiger partial charge in [-0.1, -0.05) is 0 Å². The third-order valence-corrected chi connectivity index (χ3v) is 2.46. The van der Waals surface area contributed by atoms with Crippen molar-refractivity contribution in [2.24, 2.45) is 5.73 Å². The van der Waals surface area contributed by atoms with Gasteiger partial charge in [-0.3, -0.25) is 0 Å². The number of rotatable bonds is 1. The lowest BCUT2D eigenvalue weighted by Gasteiger charge is -1.98. The Balaban J connectivity index is 2.34. The summed E-state index contributed by atoms with van der Waals surface area (Å²) in [5.74, 6) is 0. The van der Waals surface area contributed by atoms with Crippen molar-refractivity contribution in [1.29, 1.82) is 0 Å². The van der Waals surface area contributed by atoms with Gasteiger partial charge in [0.15, 0.2) is 0 Å². The second-order valence-electron chi connectivity index (χ2n) is 2.40. The predicted octanol–water partition coefficient (Wildman–Crippen LogP) is 0.486. The topological polar surface area (TPSA) is 51.8 Å². The molecule has 0 radical (unpaired) electrons. The van der Waals surface area contributed by atoms with Crippen LogP contribution in [-0.2, 0) is 5.54 Å². The molecule has 0 aromatic carbocycles. The van der Waals surface area contributed by atoms with E-state index >= 15 is 0 Å². The number of nitrogens with zero attached hydrogens (tertiary/aromatic N) is 2. The van der Waals surface area contributed by atoms with E-state index in [9.17, 15) is 0 Å². The quantitative estimate of drug-likeness (QED) is 0.619. The van der Waals surface area contributed by atoms with Gasteiger partial charge in [0.2, 0.25) is 0 Å². The van der Waals surface area contributed by atoms with Gasteiger partial charge in [0.25, 0.3) is 0 Å². The fourth-order valence-corrected chi connectivity index (χ4v) is 1.42. The molecule has 0 bridgehead atoms. The molecule has 0 amide bonds. The molecule has 4 heteroatoms. The van der Waals surface area contributed by atoms with E-state index < -0.39 is 0 Å². The first-order valence-corrected chi connectivity index (χ1v) is 3.65. The van der Waals surface area contributed by atoms with E-state index in [1.165, 1.54) is 11.5 Å². The van der Waals surface area contributed by atoms with Crippen LogP contribution in [0.15, 0.2) is 6.33 Å². The van der Waals surface area contributed by atoms with Crippen LogP contribution in [0.25, 0.3) is 0 Å². The highest BCUT2D eigenvalue weighted by atomic mass is 32.1. The normalized spacial score (nSPS) is 21.9. The van der Waals surface area contributed by atoms with Crippen molar-refractivity contribution >= 4 is 11.5 Å². The summed E-state index contributed by atoms with van der Waals surface area (Å²) in [6.45, 7) is 0. The van der Waals surface area contributed by atoms with Gasteiger partial charge in [0.05, 0.1) is 5.54 Å². The maximum Gasteiger partial charge on any atom is 0.133 e. The molecule has 1 aromatic heterocycles. The third kappa shape index (κ3) is 0.746. The van der Waals surface area contributed by atoms with E-state index in [0.717, 1.165) is 17.8 Å². The summed E-state index contributed by atoms with van der Waals surface area (Å²) in [5, 5.41) is 0.988. The predicted molar refractivity (Wildman–Crippen MR) is 35.0 cm³/mol. The van der Waals surface area contributed by atoms with Gasteiger partial charge in [0.1, 0.15) is 11.3 Å². The molecule has 1 heterocycles. The summed E-state index contributed by atoms with van der Waals surface area (Å²) >= 11 is 1.41. The van der Waals surface area contributed by atoms with Gasteiger partial charge in [-0.2, -0.15) is 4.37 Å². The molecule has 3 nitrogen and oxygen atoms in total. The van der Waals surface area contributed by atoms with Gasteiger partial charge in [0, 0.05) is 0 Å². The Morgan fingerprint density at radius 2 is 2.44 bits per heavy atom. The van der Waals surface area contributed by atoms with Crippen molar-refractivity contribution in [3.63, 3.8) is 0 Å². The van der Waals surface area contributed by atoms with E-state index in [2.05, 4.69) is 9.36 Å². The molecule has 0 spiro atoms. The molecule has 1 saturated carbocycles. The Morgan fingerprint density at radius 3 is 2.89 bits per heavy atom. The maximum atomic E-state index is 5.82. The van der Waals surface area contributed by atoms with Crippen LogP contribution < -0.4 is 5.73 Å². The Morgan fingerprint density at radius 1 is 1.67 bits per heavy atom. The molecule has 1 aromatic rings. The van der Waals surface area contributed by atoms with Crippen LogP contribution in [0.5, 0.6) is 0 Å². The minimum absolute atomic E-state index is 0.0822. The van der Waals surface area contributed by atoms with Crippen LogP contribution in [-0.4, -0.2) is 9.36 Å². The molecule has 1 aliphatic carbocycles. The first kappa shape index (κ1) is 5.32. The highest BCUT2D eigenvalue weighted by molar-refractivity contribution is 7.05. The Hall–Kier alpha value is -0.480. The molecule has 1 aliphatic rings. The minimum atomic E-state index is -0.0822. The molecule has 2 N–H and O–H groups in total. The average Bonchev–Trinajstić information content (AvgIpc) is 2.46. The van der Waals surface area contributed by atoms with Crippen molar-refractivity contribution in [1.82, 2.24) is 9.36 Å². The molecule has 1 fully saturated rings. The standard InChI is InChI=1S/C5H7N3S/c6-5(1-2-5)4-7-3-8-9-4/h3H,1-2,6H2. The zero-order valence-corrected chi connectivity index (χ0v) is 5.69. The smallest absolute Gasteiger partial charge is 0.133 e. The van der Waals surface area contributed by atoms with Crippen LogP contribution >= 0.6 is 11.5 Å². The lowest BCUT2D eigenvalue weighted by atomic mass is 10.3. The summed E-state index contributed by atoms with van der Waals surface area (Å²) in [6.07, 6.45) is 3.71. The molecule has 0 unspecified atom stereocenters. The van der Waals surface area contributed by atoms with Gasteiger partial charge < -0.3 is 5.73 Å². The number of aromatic nitrogens is 2. The van der Waals surface area contributed by atoms with E-state index in [1.807, 2.05) is 0 Å². The van der Waals surface area contributed by atoms with Crippen LogP contribution in [0.3, 0.4) is 0 Å². The van der Waals surface area contributed by atoms with Crippen molar-refractivity contribution in [3.8, 4) is 0 Å². The molecule has 0 aliphatic heterocycles. The summed E-state index contributed by atoms with van der Waals surface area (Å²) < 4.78 is 3.88. The SMILES string of the molecule is NC1(c2ncns2)CC1.